The monoisotopic (exact) mass is 433 g/mol. The van der Waals surface area contributed by atoms with Gasteiger partial charge in [0.1, 0.15) is 12.2 Å². The van der Waals surface area contributed by atoms with Crippen LogP contribution in [0.25, 0.3) is 0 Å². The number of esters is 2. The number of aliphatic hydroxyl groups is 1. The molecule has 2 rings (SSSR count). The summed E-state index contributed by atoms with van der Waals surface area (Å²) in [6.07, 6.45) is -3.52. The van der Waals surface area contributed by atoms with E-state index in [9.17, 15) is 19.5 Å². The Morgan fingerprint density at radius 1 is 1.13 bits per heavy atom. The fraction of sp³-hybridized carbons (Fsp3) is 0.842. The highest BCUT2D eigenvalue weighted by Crippen LogP contribution is 2.41. The molecule has 2 aliphatic rings. The normalized spacial score (nSPS) is 36.6. The van der Waals surface area contributed by atoms with Gasteiger partial charge in [0.25, 0.3) is 5.79 Å². The van der Waals surface area contributed by atoms with Crippen LogP contribution < -0.4 is 5.32 Å². The molecule has 6 atom stereocenters. The van der Waals surface area contributed by atoms with Gasteiger partial charge in [0.2, 0.25) is 5.91 Å². The van der Waals surface area contributed by atoms with Gasteiger partial charge in [-0.05, 0) is 20.8 Å². The molecule has 2 N–H and O–H groups in total. The quantitative estimate of drug-likeness (QED) is 0.533. The fourth-order valence-electron chi connectivity index (χ4n) is 3.88. The molecule has 30 heavy (non-hydrogen) atoms. The van der Waals surface area contributed by atoms with Crippen LogP contribution in [0.1, 0.15) is 41.0 Å². The van der Waals surface area contributed by atoms with Crippen molar-refractivity contribution < 1.29 is 47.9 Å². The predicted octanol–water partition coefficient (Wildman–Crippen LogP) is -0.370. The van der Waals surface area contributed by atoms with Crippen molar-refractivity contribution in [2.75, 3.05) is 20.8 Å². The topological polar surface area (TPSA) is 139 Å². The Bertz CT molecular complexity index is 678. The average Bonchev–Trinajstić information content (AvgIpc) is 2.99. The molecule has 0 aromatic rings. The highest BCUT2D eigenvalue weighted by Gasteiger charge is 2.61. The van der Waals surface area contributed by atoms with Crippen LogP contribution >= 0.6 is 0 Å². The molecular weight excluding hydrogens is 402 g/mol. The standard InChI is InChI=1S/C19H31NO10/c1-10(21)20-15-14(13(28-11(2)22)12-8-27-17(3,4)29-12)30-19(26-7,16(23)25-6)9-18(15,5)24/h12-15,24H,8-9H2,1-7H3,(H,20,21)/t12-,13-,14+,15+,18-,19+/m1/s1. The van der Waals surface area contributed by atoms with E-state index < -0.39 is 59.4 Å². The van der Waals surface area contributed by atoms with E-state index in [1.54, 1.807) is 13.8 Å². The van der Waals surface area contributed by atoms with Crippen molar-refractivity contribution in [2.24, 2.45) is 0 Å². The minimum atomic E-state index is -1.99. The van der Waals surface area contributed by atoms with Crippen molar-refractivity contribution in [3.63, 3.8) is 0 Å². The summed E-state index contributed by atoms with van der Waals surface area (Å²) in [6.45, 7) is 7.32. The Morgan fingerprint density at radius 2 is 1.77 bits per heavy atom. The minimum absolute atomic E-state index is 0.0535. The highest BCUT2D eigenvalue weighted by atomic mass is 16.8. The first kappa shape index (κ1) is 24.5. The molecule has 0 saturated carbocycles. The molecule has 0 bridgehead atoms. The Kier molecular flexibility index (Phi) is 7.14. The lowest BCUT2D eigenvalue weighted by Gasteiger charge is -2.51. The number of carbonyl (C=O) groups excluding carboxylic acids is 3. The van der Waals surface area contributed by atoms with E-state index in [0.717, 1.165) is 7.11 Å². The predicted molar refractivity (Wildman–Crippen MR) is 99.9 cm³/mol. The molecule has 2 heterocycles. The van der Waals surface area contributed by atoms with E-state index in [-0.39, 0.29) is 13.0 Å². The molecule has 11 heteroatoms. The fourth-order valence-corrected chi connectivity index (χ4v) is 3.88. The van der Waals surface area contributed by atoms with Crippen LogP contribution in [0.2, 0.25) is 0 Å². The molecule has 0 radical (unpaired) electrons. The van der Waals surface area contributed by atoms with Gasteiger partial charge in [0.05, 0.1) is 25.4 Å². The Balaban J connectivity index is 2.54. The van der Waals surface area contributed by atoms with Crippen LogP contribution in [-0.4, -0.2) is 85.3 Å². The zero-order valence-electron chi connectivity index (χ0n) is 18.3. The molecule has 0 aromatic carbocycles. The number of nitrogens with one attached hydrogen (secondary N) is 1. The number of ether oxygens (including phenoxy) is 6. The van der Waals surface area contributed by atoms with Gasteiger partial charge >= 0.3 is 11.9 Å². The maximum atomic E-state index is 12.5. The number of amides is 1. The summed E-state index contributed by atoms with van der Waals surface area (Å²) in [5.41, 5.74) is -1.70. The zero-order chi connectivity index (χ0) is 22.9. The molecule has 2 saturated heterocycles. The van der Waals surface area contributed by atoms with E-state index >= 15 is 0 Å². The number of hydrogen-bond donors (Lipinski definition) is 2. The van der Waals surface area contributed by atoms with Gasteiger partial charge in [0.15, 0.2) is 11.9 Å². The zero-order valence-corrected chi connectivity index (χ0v) is 18.3. The van der Waals surface area contributed by atoms with E-state index in [1.165, 1.54) is 27.9 Å². The molecule has 0 spiro atoms. The lowest BCUT2D eigenvalue weighted by atomic mass is 9.79. The van der Waals surface area contributed by atoms with Crippen molar-refractivity contribution in [1.29, 1.82) is 0 Å². The van der Waals surface area contributed by atoms with Crippen LogP contribution in [0.15, 0.2) is 0 Å². The first-order valence-electron chi connectivity index (χ1n) is 9.57. The van der Waals surface area contributed by atoms with Gasteiger partial charge in [-0.25, -0.2) is 4.79 Å². The second-order valence-corrected chi connectivity index (χ2v) is 8.18. The molecule has 0 unspecified atom stereocenters. The van der Waals surface area contributed by atoms with Crippen molar-refractivity contribution in [1.82, 2.24) is 5.32 Å². The third kappa shape index (κ3) is 5.09. The Labute approximate surface area is 175 Å². The van der Waals surface area contributed by atoms with Crippen molar-refractivity contribution in [2.45, 2.75) is 82.6 Å². The number of methoxy groups -OCH3 is 2. The van der Waals surface area contributed by atoms with Crippen LogP contribution in [0.4, 0.5) is 0 Å². The summed E-state index contributed by atoms with van der Waals surface area (Å²) in [7, 11) is 2.37. The smallest absolute Gasteiger partial charge is 0.366 e. The van der Waals surface area contributed by atoms with Gasteiger partial charge in [-0.15, -0.1) is 0 Å². The van der Waals surface area contributed by atoms with Crippen LogP contribution in [-0.2, 0) is 42.8 Å². The minimum Gasteiger partial charge on any atom is -0.465 e. The summed E-state index contributed by atoms with van der Waals surface area (Å²) < 4.78 is 33.0. The van der Waals surface area contributed by atoms with Crippen LogP contribution in [0.3, 0.4) is 0 Å². The first-order valence-corrected chi connectivity index (χ1v) is 9.57. The van der Waals surface area contributed by atoms with E-state index in [1.807, 2.05) is 0 Å². The summed E-state index contributed by atoms with van der Waals surface area (Å²) in [6, 6.07) is -1.07. The van der Waals surface area contributed by atoms with Crippen molar-refractivity contribution in [3.8, 4) is 0 Å². The third-order valence-electron chi connectivity index (χ3n) is 5.12. The summed E-state index contributed by atoms with van der Waals surface area (Å²) in [5, 5.41) is 13.8. The maximum Gasteiger partial charge on any atom is 0.366 e. The molecule has 172 valence electrons. The van der Waals surface area contributed by atoms with Gasteiger partial charge in [-0.2, -0.15) is 0 Å². The number of carbonyl (C=O) groups is 3. The third-order valence-corrected chi connectivity index (χ3v) is 5.12. The van der Waals surface area contributed by atoms with Crippen LogP contribution in [0, 0.1) is 0 Å². The first-order chi connectivity index (χ1) is 13.8. The number of rotatable bonds is 6. The SMILES string of the molecule is COC(=O)[C@]1(OC)C[C@@](C)(O)[C@@H](NC(C)=O)[C@H]([C@H](OC(C)=O)[C@H]2COC(C)(C)O2)O1. The van der Waals surface area contributed by atoms with Crippen molar-refractivity contribution >= 4 is 17.8 Å². The van der Waals surface area contributed by atoms with Crippen LogP contribution in [0.5, 0.6) is 0 Å². The molecule has 2 fully saturated rings. The molecule has 0 aliphatic carbocycles. The second kappa shape index (κ2) is 8.75. The van der Waals surface area contributed by atoms with Gasteiger partial charge < -0.3 is 38.8 Å². The van der Waals surface area contributed by atoms with E-state index in [0.29, 0.717) is 0 Å². The largest absolute Gasteiger partial charge is 0.465 e. The maximum absolute atomic E-state index is 12.5. The van der Waals surface area contributed by atoms with Gasteiger partial charge in [-0.3, -0.25) is 9.59 Å². The Hall–Kier alpha value is -1.79. The second-order valence-electron chi connectivity index (χ2n) is 8.18. The molecule has 2 aliphatic heterocycles. The molecule has 11 nitrogen and oxygen atoms in total. The number of hydrogen-bond acceptors (Lipinski definition) is 10. The Morgan fingerprint density at radius 3 is 2.20 bits per heavy atom. The molecule has 1 amide bonds. The summed E-state index contributed by atoms with van der Waals surface area (Å²) >= 11 is 0. The molecule has 0 aromatic heterocycles. The van der Waals surface area contributed by atoms with Crippen molar-refractivity contribution in [3.05, 3.63) is 0 Å². The van der Waals surface area contributed by atoms with Gasteiger partial charge in [-0.1, -0.05) is 0 Å². The lowest BCUT2D eigenvalue weighted by molar-refractivity contribution is -0.320. The summed E-state index contributed by atoms with van der Waals surface area (Å²) in [5.74, 6) is -4.94. The lowest BCUT2D eigenvalue weighted by Crippen LogP contribution is -2.72. The van der Waals surface area contributed by atoms with E-state index in [2.05, 4.69) is 5.32 Å². The average molecular weight is 433 g/mol. The summed E-state index contributed by atoms with van der Waals surface area (Å²) in [4.78, 5) is 36.3. The van der Waals surface area contributed by atoms with Gasteiger partial charge in [0, 0.05) is 27.4 Å². The van der Waals surface area contributed by atoms with E-state index in [4.69, 9.17) is 28.4 Å². The highest BCUT2D eigenvalue weighted by molar-refractivity contribution is 5.78. The molecular formula is C19H31NO10.